The number of methoxy groups -OCH3 is 2. The number of esters is 1. The van der Waals surface area contributed by atoms with E-state index in [1.54, 1.807) is 18.2 Å². The maximum atomic E-state index is 12.4. The molecule has 8 heteroatoms. The number of carbonyl (C=O) groups excluding carboxylic acids is 3. The molecule has 2 N–H and O–H groups in total. The lowest BCUT2D eigenvalue weighted by molar-refractivity contribution is 0.0600. The molecule has 0 aliphatic carbocycles. The fourth-order valence-corrected chi connectivity index (χ4v) is 2.10. The summed E-state index contributed by atoms with van der Waals surface area (Å²) < 4.78 is 9.51. The molecule has 0 fully saturated rings. The second-order valence-electron chi connectivity index (χ2n) is 5.24. The SMILES string of the molecule is COCCNC(=O)c1cncc(C(=O)Nc2cccc(C(=O)OC)c2)c1. The van der Waals surface area contributed by atoms with Crippen molar-refractivity contribution in [2.45, 2.75) is 0 Å². The highest BCUT2D eigenvalue weighted by atomic mass is 16.5. The number of benzene rings is 1. The third-order valence-corrected chi connectivity index (χ3v) is 3.40. The van der Waals surface area contributed by atoms with Gasteiger partial charge in [-0.1, -0.05) is 6.07 Å². The third kappa shape index (κ3) is 5.12. The van der Waals surface area contributed by atoms with Gasteiger partial charge in [0.25, 0.3) is 11.8 Å². The molecule has 0 bridgehead atoms. The zero-order valence-corrected chi connectivity index (χ0v) is 14.4. The Kier molecular flexibility index (Phi) is 6.81. The fourth-order valence-electron chi connectivity index (χ4n) is 2.10. The summed E-state index contributed by atoms with van der Waals surface area (Å²) >= 11 is 0. The Hall–Kier alpha value is -3.26. The Bertz CT molecular complexity index is 807. The van der Waals surface area contributed by atoms with Gasteiger partial charge >= 0.3 is 5.97 Å². The van der Waals surface area contributed by atoms with Crippen LogP contribution >= 0.6 is 0 Å². The second kappa shape index (κ2) is 9.28. The van der Waals surface area contributed by atoms with E-state index >= 15 is 0 Å². The quantitative estimate of drug-likeness (QED) is 0.574. The highest BCUT2D eigenvalue weighted by molar-refractivity contribution is 6.06. The van der Waals surface area contributed by atoms with Crippen LogP contribution in [-0.4, -0.2) is 50.1 Å². The van der Waals surface area contributed by atoms with Crippen molar-refractivity contribution in [3.8, 4) is 0 Å². The van der Waals surface area contributed by atoms with Crippen LogP contribution in [0.4, 0.5) is 5.69 Å². The van der Waals surface area contributed by atoms with Crippen molar-refractivity contribution in [3.63, 3.8) is 0 Å². The summed E-state index contributed by atoms with van der Waals surface area (Å²) in [6.45, 7) is 0.738. The first kappa shape index (κ1) is 19.1. The van der Waals surface area contributed by atoms with E-state index in [0.29, 0.717) is 24.4 Å². The molecule has 0 aliphatic heterocycles. The number of amides is 2. The van der Waals surface area contributed by atoms with Gasteiger partial charge in [-0.2, -0.15) is 0 Å². The van der Waals surface area contributed by atoms with Gasteiger partial charge in [-0.15, -0.1) is 0 Å². The van der Waals surface area contributed by atoms with E-state index in [2.05, 4.69) is 20.4 Å². The minimum absolute atomic E-state index is 0.216. The number of anilines is 1. The molecule has 8 nitrogen and oxygen atoms in total. The van der Waals surface area contributed by atoms with Crippen LogP contribution in [-0.2, 0) is 9.47 Å². The molecule has 2 amide bonds. The summed E-state index contributed by atoms with van der Waals surface area (Å²) in [4.78, 5) is 39.9. The summed E-state index contributed by atoms with van der Waals surface area (Å²) in [7, 11) is 2.82. The lowest BCUT2D eigenvalue weighted by atomic mass is 10.1. The van der Waals surface area contributed by atoms with Crippen LogP contribution < -0.4 is 10.6 Å². The molecule has 0 atom stereocenters. The molecule has 1 aromatic carbocycles. The van der Waals surface area contributed by atoms with Crippen molar-refractivity contribution in [2.24, 2.45) is 0 Å². The summed E-state index contributed by atoms with van der Waals surface area (Å²) in [6, 6.07) is 7.78. The first-order valence-corrected chi connectivity index (χ1v) is 7.77. The molecule has 0 aliphatic rings. The van der Waals surface area contributed by atoms with E-state index in [4.69, 9.17) is 4.74 Å². The van der Waals surface area contributed by atoms with E-state index in [-0.39, 0.29) is 17.0 Å². The Morgan fingerprint density at radius 2 is 1.73 bits per heavy atom. The molecule has 0 saturated carbocycles. The predicted octanol–water partition coefficient (Wildman–Crippen LogP) is 1.50. The molecule has 26 heavy (non-hydrogen) atoms. The van der Waals surface area contributed by atoms with E-state index in [1.807, 2.05) is 0 Å². The van der Waals surface area contributed by atoms with Gasteiger partial charge in [0, 0.05) is 31.7 Å². The van der Waals surface area contributed by atoms with Crippen LogP contribution in [0.5, 0.6) is 0 Å². The van der Waals surface area contributed by atoms with Gasteiger partial charge in [-0.05, 0) is 24.3 Å². The number of rotatable bonds is 7. The molecule has 0 saturated heterocycles. The number of nitrogens with one attached hydrogen (secondary N) is 2. The Morgan fingerprint density at radius 1 is 1.00 bits per heavy atom. The average Bonchev–Trinajstić information content (AvgIpc) is 2.67. The standard InChI is InChI=1S/C18H19N3O5/c1-25-7-6-20-16(22)13-8-14(11-19-10-13)17(23)21-15-5-3-4-12(9-15)18(24)26-2/h3-5,8-11H,6-7H2,1-2H3,(H,20,22)(H,21,23). The van der Waals surface area contributed by atoms with Gasteiger partial charge < -0.3 is 20.1 Å². The van der Waals surface area contributed by atoms with E-state index in [9.17, 15) is 14.4 Å². The zero-order valence-electron chi connectivity index (χ0n) is 14.4. The van der Waals surface area contributed by atoms with Crippen molar-refractivity contribution in [1.82, 2.24) is 10.3 Å². The summed E-state index contributed by atoms with van der Waals surface area (Å²) in [5.74, 6) is -1.31. The smallest absolute Gasteiger partial charge is 0.337 e. The van der Waals surface area contributed by atoms with Crippen LogP contribution in [0.15, 0.2) is 42.7 Å². The first-order chi connectivity index (χ1) is 12.5. The highest BCUT2D eigenvalue weighted by Gasteiger charge is 2.12. The van der Waals surface area contributed by atoms with Crippen molar-refractivity contribution in [3.05, 3.63) is 59.4 Å². The lowest BCUT2D eigenvalue weighted by Gasteiger charge is -2.08. The highest BCUT2D eigenvalue weighted by Crippen LogP contribution is 2.13. The largest absolute Gasteiger partial charge is 0.465 e. The third-order valence-electron chi connectivity index (χ3n) is 3.40. The van der Waals surface area contributed by atoms with Crippen molar-refractivity contribution < 1.29 is 23.9 Å². The molecule has 2 aromatic rings. The number of pyridine rings is 1. The molecule has 0 unspecified atom stereocenters. The molecular formula is C18H19N3O5. The molecular weight excluding hydrogens is 338 g/mol. The summed E-state index contributed by atoms with van der Waals surface area (Å²) in [5, 5.41) is 5.31. The fraction of sp³-hybridized carbons (Fsp3) is 0.222. The van der Waals surface area contributed by atoms with Crippen LogP contribution in [0.25, 0.3) is 0 Å². The van der Waals surface area contributed by atoms with E-state index in [0.717, 1.165) is 0 Å². The van der Waals surface area contributed by atoms with Gasteiger partial charge in [-0.25, -0.2) is 4.79 Å². The topological polar surface area (TPSA) is 107 Å². The van der Waals surface area contributed by atoms with Crippen LogP contribution in [0.1, 0.15) is 31.1 Å². The zero-order chi connectivity index (χ0) is 18.9. The molecule has 1 heterocycles. The Labute approximate surface area is 150 Å². The minimum Gasteiger partial charge on any atom is -0.465 e. The first-order valence-electron chi connectivity index (χ1n) is 7.77. The van der Waals surface area contributed by atoms with Crippen molar-refractivity contribution in [2.75, 3.05) is 32.7 Å². The summed E-state index contributed by atoms with van der Waals surface area (Å²) in [6.07, 6.45) is 2.72. The van der Waals surface area contributed by atoms with E-state index in [1.165, 1.54) is 38.7 Å². The average molecular weight is 357 g/mol. The second-order valence-corrected chi connectivity index (χ2v) is 5.24. The van der Waals surface area contributed by atoms with Crippen molar-refractivity contribution in [1.29, 1.82) is 0 Å². The Morgan fingerprint density at radius 3 is 2.42 bits per heavy atom. The Balaban J connectivity index is 2.09. The monoisotopic (exact) mass is 357 g/mol. The van der Waals surface area contributed by atoms with Gasteiger partial charge in [0.2, 0.25) is 0 Å². The lowest BCUT2D eigenvalue weighted by Crippen LogP contribution is -2.27. The molecule has 2 rings (SSSR count). The maximum Gasteiger partial charge on any atom is 0.337 e. The van der Waals surface area contributed by atoms with Gasteiger partial charge in [0.1, 0.15) is 0 Å². The van der Waals surface area contributed by atoms with Crippen LogP contribution in [0.3, 0.4) is 0 Å². The molecule has 0 spiro atoms. The summed E-state index contributed by atoms with van der Waals surface area (Å²) in [5.41, 5.74) is 1.22. The maximum absolute atomic E-state index is 12.4. The van der Waals surface area contributed by atoms with E-state index < -0.39 is 11.9 Å². The molecule has 136 valence electrons. The normalized spacial score (nSPS) is 10.1. The number of aromatic nitrogens is 1. The van der Waals surface area contributed by atoms with Crippen LogP contribution in [0, 0.1) is 0 Å². The predicted molar refractivity (Wildman–Crippen MR) is 94.2 cm³/mol. The van der Waals surface area contributed by atoms with Gasteiger partial charge in [-0.3, -0.25) is 14.6 Å². The number of nitrogens with zero attached hydrogens (tertiary/aromatic N) is 1. The minimum atomic E-state index is -0.502. The van der Waals surface area contributed by atoms with Gasteiger partial charge in [0.05, 0.1) is 30.4 Å². The number of ether oxygens (including phenoxy) is 2. The molecule has 1 aromatic heterocycles. The molecule has 0 radical (unpaired) electrons. The number of hydrogen-bond donors (Lipinski definition) is 2. The number of carbonyl (C=O) groups is 3. The van der Waals surface area contributed by atoms with Crippen LogP contribution in [0.2, 0.25) is 0 Å². The van der Waals surface area contributed by atoms with Crippen molar-refractivity contribution >= 4 is 23.5 Å². The number of hydrogen-bond acceptors (Lipinski definition) is 6. The van der Waals surface area contributed by atoms with Gasteiger partial charge in [0.15, 0.2) is 0 Å².